The molecule has 0 atom stereocenters. The fraction of sp³-hybridized carbons (Fsp3) is 0.538. The summed E-state index contributed by atoms with van der Waals surface area (Å²) in [6.45, 7) is 5.28. The van der Waals surface area contributed by atoms with E-state index in [0.29, 0.717) is 23.5 Å². The SMILES string of the molecule is CCCCCC(=O)c1cc(C(C)=O)c(C)o1. The van der Waals surface area contributed by atoms with Crippen LogP contribution in [0.2, 0.25) is 0 Å². The van der Waals surface area contributed by atoms with Gasteiger partial charge in [0, 0.05) is 6.42 Å². The molecule has 0 amide bonds. The smallest absolute Gasteiger partial charge is 0.198 e. The molecule has 0 N–H and O–H groups in total. The van der Waals surface area contributed by atoms with Crippen LogP contribution in [-0.2, 0) is 0 Å². The number of hydrogen-bond donors (Lipinski definition) is 0. The van der Waals surface area contributed by atoms with E-state index >= 15 is 0 Å². The van der Waals surface area contributed by atoms with Crippen molar-refractivity contribution in [1.29, 1.82) is 0 Å². The van der Waals surface area contributed by atoms with Crippen molar-refractivity contribution >= 4 is 11.6 Å². The number of furan rings is 1. The quantitative estimate of drug-likeness (QED) is 0.546. The van der Waals surface area contributed by atoms with Crippen molar-refractivity contribution in [2.24, 2.45) is 0 Å². The molecule has 0 aromatic carbocycles. The van der Waals surface area contributed by atoms with Crippen LogP contribution in [0, 0.1) is 6.92 Å². The van der Waals surface area contributed by atoms with Crippen LogP contribution < -0.4 is 0 Å². The van der Waals surface area contributed by atoms with Gasteiger partial charge in [-0.15, -0.1) is 0 Å². The standard InChI is InChI=1S/C13H18O3/c1-4-5-6-7-12(15)13-8-11(9(2)14)10(3)16-13/h8H,4-7H2,1-3H3. The zero-order chi connectivity index (χ0) is 12.1. The van der Waals surface area contributed by atoms with Crippen LogP contribution in [0.15, 0.2) is 10.5 Å². The average molecular weight is 222 g/mol. The molecule has 16 heavy (non-hydrogen) atoms. The topological polar surface area (TPSA) is 47.3 Å². The zero-order valence-corrected chi connectivity index (χ0v) is 10.1. The largest absolute Gasteiger partial charge is 0.457 e. The van der Waals surface area contributed by atoms with Crippen molar-refractivity contribution in [3.05, 3.63) is 23.2 Å². The molecule has 0 spiro atoms. The van der Waals surface area contributed by atoms with E-state index in [4.69, 9.17) is 4.42 Å². The molecule has 3 heteroatoms. The van der Waals surface area contributed by atoms with Crippen LogP contribution in [-0.4, -0.2) is 11.6 Å². The van der Waals surface area contributed by atoms with E-state index in [9.17, 15) is 9.59 Å². The lowest BCUT2D eigenvalue weighted by Crippen LogP contribution is -1.97. The summed E-state index contributed by atoms with van der Waals surface area (Å²) in [5.74, 6) is 0.781. The van der Waals surface area contributed by atoms with E-state index in [1.807, 2.05) is 0 Å². The molecule has 0 saturated carbocycles. The highest BCUT2D eigenvalue weighted by molar-refractivity contribution is 5.99. The van der Waals surface area contributed by atoms with Crippen molar-refractivity contribution in [2.75, 3.05) is 0 Å². The lowest BCUT2D eigenvalue weighted by Gasteiger charge is -1.95. The van der Waals surface area contributed by atoms with Crippen molar-refractivity contribution in [3.8, 4) is 0 Å². The number of Topliss-reactive ketones (excluding diaryl/α,β-unsaturated/α-hetero) is 2. The minimum absolute atomic E-state index is 0.0101. The molecule has 0 bridgehead atoms. The summed E-state index contributed by atoms with van der Waals surface area (Å²) in [6, 6.07) is 1.56. The third-order valence-corrected chi connectivity index (χ3v) is 2.58. The molecule has 1 aromatic rings. The number of ketones is 2. The van der Waals surface area contributed by atoms with Crippen LogP contribution in [0.4, 0.5) is 0 Å². The van der Waals surface area contributed by atoms with Crippen molar-refractivity contribution in [1.82, 2.24) is 0 Å². The summed E-state index contributed by atoms with van der Waals surface area (Å²) in [7, 11) is 0. The lowest BCUT2D eigenvalue weighted by molar-refractivity contribution is 0.0950. The van der Waals surface area contributed by atoms with E-state index in [-0.39, 0.29) is 11.6 Å². The van der Waals surface area contributed by atoms with Crippen LogP contribution in [0.3, 0.4) is 0 Å². The highest BCUT2D eigenvalue weighted by atomic mass is 16.3. The van der Waals surface area contributed by atoms with Crippen molar-refractivity contribution in [3.63, 3.8) is 0 Å². The second-order valence-corrected chi connectivity index (χ2v) is 4.02. The number of carbonyl (C=O) groups is 2. The molecule has 3 nitrogen and oxygen atoms in total. The van der Waals surface area contributed by atoms with E-state index in [0.717, 1.165) is 19.3 Å². The first-order valence-corrected chi connectivity index (χ1v) is 5.70. The number of unbranched alkanes of at least 4 members (excludes halogenated alkanes) is 2. The third kappa shape index (κ3) is 3.05. The average Bonchev–Trinajstić information content (AvgIpc) is 2.60. The molecule has 0 aliphatic rings. The van der Waals surface area contributed by atoms with Gasteiger partial charge in [0.2, 0.25) is 0 Å². The fourth-order valence-electron chi connectivity index (χ4n) is 1.63. The zero-order valence-electron chi connectivity index (χ0n) is 10.1. The molecule has 88 valence electrons. The Labute approximate surface area is 95.8 Å². The predicted molar refractivity (Wildman–Crippen MR) is 61.9 cm³/mol. The molecule has 1 heterocycles. The van der Waals surface area contributed by atoms with Gasteiger partial charge >= 0.3 is 0 Å². The Morgan fingerprint density at radius 2 is 2.00 bits per heavy atom. The van der Waals surface area contributed by atoms with Crippen molar-refractivity contribution in [2.45, 2.75) is 46.5 Å². The van der Waals surface area contributed by atoms with E-state index in [1.54, 1.807) is 13.0 Å². The molecule has 0 radical (unpaired) electrons. The first kappa shape index (κ1) is 12.7. The monoisotopic (exact) mass is 222 g/mol. The number of aryl methyl sites for hydroxylation is 1. The van der Waals surface area contributed by atoms with Gasteiger partial charge in [-0.1, -0.05) is 19.8 Å². The van der Waals surface area contributed by atoms with Gasteiger partial charge in [-0.3, -0.25) is 9.59 Å². The van der Waals surface area contributed by atoms with E-state index < -0.39 is 0 Å². The Morgan fingerprint density at radius 1 is 1.31 bits per heavy atom. The van der Waals surface area contributed by atoms with Gasteiger partial charge < -0.3 is 4.42 Å². The Morgan fingerprint density at radius 3 is 2.50 bits per heavy atom. The Balaban J connectivity index is 2.69. The van der Waals surface area contributed by atoms with Crippen LogP contribution in [0.25, 0.3) is 0 Å². The molecular formula is C13H18O3. The summed E-state index contributed by atoms with van der Waals surface area (Å²) in [4.78, 5) is 22.9. The molecule has 0 fully saturated rings. The molecular weight excluding hydrogens is 204 g/mol. The highest BCUT2D eigenvalue weighted by Gasteiger charge is 2.16. The number of rotatable bonds is 6. The highest BCUT2D eigenvalue weighted by Crippen LogP contribution is 2.17. The summed E-state index contributed by atoms with van der Waals surface area (Å²) in [5, 5.41) is 0. The molecule has 1 rings (SSSR count). The fourth-order valence-corrected chi connectivity index (χ4v) is 1.63. The number of carbonyl (C=O) groups excluding carboxylic acids is 2. The van der Waals surface area contributed by atoms with Gasteiger partial charge in [0.15, 0.2) is 17.3 Å². The molecule has 0 unspecified atom stereocenters. The lowest BCUT2D eigenvalue weighted by atomic mass is 10.1. The second kappa shape index (κ2) is 5.64. The summed E-state index contributed by atoms with van der Waals surface area (Å²) >= 11 is 0. The first-order chi connectivity index (χ1) is 7.56. The Kier molecular flexibility index (Phi) is 4.47. The maximum atomic E-state index is 11.7. The predicted octanol–water partition coefficient (Wildman–Crippen LogP) is 3.55. The molecule has 0 saturated heterocycles. The Bertz CT molecular complexity index is 388. The van der Waals surface area contributed by atoms with Crippen molar-refractivity contribution < 1.29 is 14.0 Å². The van der Waals surface area contributed by atoms with Gasteiger partial charge in [-0.05, 0) is 26.3 Å². The first-order valence-electron chi connectivity index (χ1n) is 5.70. The minimum Gasteiger partial charge on any atom is -0.457 e. The van der Waals surface area contributed by atoms with Gasteiger partial charge in [0.05, 0.1) is 5.56 Å². The summed E-state index contributed by atoms with van der Waals surface area (Å²) in [5.41, 5.74) is 0.513. The van der Waals surface area contributed by atoms with Crippen LogP contribution in [0.5, 0.6) is 0 Å². The van der Waals surface area contributed by atoms with E-state index in [2.05, 4.69) is 6.92 Å². The third-order valence-electron chi connectivity index (χ3n) is 2.58. The summed E-state index contributed by atoms with van der Waals surface area (Å²) < 4.78 is 5.30. The maximum Gasteiger partial charge on any atom is 0.198 e. The van der Waals surface area contributed by atoms with Gasteiger partial charge in [0.25, 0.3) is 0 Å². The maximum absolute atomic E-state index is 11.7. The van der Waals surface area contributed by atoms with Crippen LogP contribution >= 0.6 is 0 Å². The van der Waals surface area contributed by atoms with E-state index in [1.165, 1.54) is 6.92 Å². The normalized spacial score (nSPS) is 10.4. The minimum atomic E-state index is -0.0612. The van der Waals surface area contributed by atoms with Gasteiger partial charge in [-0.2, -0.15) is 0 Å². The molecule has 0 aliphatic heterocycles. The second-order valence-electron chi connectivity index (χ2n) is 4.02. The summed E-state index contributed by atoms with van der Waals surface area (Å²) in [6.07, 6.45) is 3.51. The van der Waals surface area contributed by atoms with Crippen LogP contribution in [0.1, 0.15) is 66.2 Å². The van der Waals surface area contributed by atoms with Gasteiger partial charge in [-0.25, -0.2) is 0 Å². The molecule has 1 aromatic heterocycles. The number of hydrogen-bond acceptors (Lipinski definition) is 3. The Hall–Kier alpha value is -1.38. The molecule has 0 aliphatic carbocycles. The van der Waals surface area contributed by atoms with Gasteiger partial charge in [0.1, 0.15) is 5.76 Å².